The number of nitrogens with zero attached hydrogens (tertiary/aromatic N) is 1. The van der Waals surface area contributed by atoms with Crippen LogP contribution < -0.4 is 5.32 Å². The van der Waals surface area contributed by atoms with Crippen LogP contribution in [0.4, 0.5) is 13.2 Å². The molecule has 1 aromatic carbocycles. The molecule has 118 valence electrons. The fourth-order valence-corrected chi connectivity index (χ4v) is 2.91. The summed E-state index contributed by atoms with van der Waals surface area (Å²) in [4.78, 5) is 2.40. The van der Waals surface area contributed by atoms with Gasteiger partial charge in [-0.1, -0.05) is 12.1 Å². The molecule has 1 aromatic rings. The number of benzene rings is 1. The molecular formula is C16H23F3N2. The molecule has 0 aromatic heterocycles. The lowest BCUT2D eigenvalue weighted by Gasteiger charge is -2.25. The Morgan fingerprint density at radius 3 is 2.48 bits per heavy atom. The van der Waals surface area contributed by atoms with E-state index < -0.39 is 11.7 Å². The number of rotatable bonds is 5. The molecule has 2 rings (SSSR count). The van der Waals surface area contributed by atoms with Gasteiger partial charge < -0.3 is 10.2 Å². The van der Waals surface area contributed by atoms with Crippen LogP contribution in [0.3, 0.4) is 0 Å². The van der Waals surface area contributed by atoms with Gasteiger partial charge in [0, 0.05) is 18.6 Å². The maximum Gasteiger partial charge on any atom is 0.416 e. The molecule has 0 aliphatic carbocycles. The SMILES string of the molecule is CC(CN1CCCC1)NC(C)c1cccc(C(F)(F)F)c1. The zero-order chi connectivity index (χ0) is 15.5. The molecule has 5 heteroatoms. The largest absolute Gasteiger partial charge is 0.416 e. The Bertz CT molecular complexity index is 453. The molecule has 1 aliphatic heterocycles. The maximum absolute atomic E-state index is 12.7. The molecule has 1 aliphatic rings. The van der Waals surface area contributed by atoms with Crippen molar-refractivity contribution in [1.82, 2.24) is 10.2 Å². The number of likely N-dealkylation sites (tertiary alicyclic amines) is 1. The van der Waals surface area contributed by atoms with E-state index in [2.05, 4.69) is 17.1 Å². The molecule has 1 heterocycles. The summed E-state index contributed by atoms with van der Waals surface area (Å²) in [5.74, 6) is 0. The normalized spacial score (nSPS) is 19.7. The summed E-state index contributed by atoms with van der Waals surface area (Å²) in [5, 5.41) is 3.39. The van der Waals surface area contributed by atoms with E-state index in [0.29, 0.717) is 5.56 Å². The van der Waals surface area contributed by atoms with Crippen LogP contribution in [0.25, 0.3) is 0 Å². The Morgan fingerprint density at radius 2 is 1.86 bits per heavy atom. The second kappa shape index (κ2) is 6.79. The third-order valence-electron chi connectivity index (χ3n) is 3.98. The second-order valence-electron chi connectivity index (χ2n) is 5.92. The Morgan fingerprint density at radius 1 is 1.19 bits per heavy atom. The van der Waals surface area contributed by atoms with Crippen LogP contribution in [0, 0.1) is 0 Å². The number of halogens is 3. The van der Waals surface area contributed by atoms with Crippen LogP contribution in [-0.2, 0) is 6.18 Å². The Balaban J connectivity index is 1.94. The molecule has 0 spiro atoms. The van der Waals surface area contributed by atoms with E-state index in [0.717, 1.165) is 25.7 Å². The van der Waals surface area contributed by atoms with Crippen molar-refractivity contribution in [2.24, 2.45) is 0 Å². The lowest BCUT2D eigenvalue weighted by molar-refractivity contribution is -0.137. The highest BCUT2D eigenvalue weighted by atomic mass is 19.4. The summed E-state index contributed by atoms with van der Waals surface area (Å²) in [6.07, 6.45) is -1.79. The van der Waals surface area contributed by atoms with Gasteiger partial charge in [0.2, 0.25) is 0 Å². The minimum atomic E-state index is -4.28. The summed E-state index contributed by atoms with van der Waals surface area (Å²) in [5.41, 5.74) is 0.0962. The Kier molecular flexibility index (Phi) is 5.27. The van der Waals surface area contributed by atoms with E-state index in [1.807, 2.05) is 6.92 Å². The number of nitrogens with one attached hydrogen (secondary N) is 1. The molecule has 2 atom stereocenters. The van der Waals surface area contributed by atoms with Crippen molar-refractivity contribution < 1.29 is 13.2 Å². The molecule has 0 bridgehead atoms. The predicted molar refractivity (Wildman–Crippen MR) is 78.1 cm³/mol. The number of alkyl halides is 3. The van der Waals surface area contributed by atoms with Crippen LogP contribution in [0.2, 0.25) is 0 Å². The molecule has 21 heavy (non-hydrogen) atoms. The maximum atomic E-state index is 12.7. The summed E-state index contributed by atoms with van der Waals surface area (Å²) in [7, 11) is 0. The van der Waals surface area contributed by atoms with Crippen molar-refractivity contribution in [1.29, 1.82) is 0 Å². The smallest absolute Gasteiger partial charge is 0.306 e. The minimum absolute atomic E-state index is 0.0927. The van der Waals surface area contributed by atoms with Crippen molar-refractivity contribution in [2.75, 3.05) is 19.6 Å². The summed E-state index contributed by atoms with van der Waals surface area (Å²) >= 11 is 0. The average molecular weight is 300 g/mol. The monoisotopic (exact) mass is 300 g/mol. The van der Waals surface area contributed by atoms with Gasteiger partial charge in [0.1, 0.15) is 0 Å². The first-order chi connectivity index (χ1) is 9.86. The third kappa shape index (κ3) is 4.71. The molecule has 1 fully saturated rings. The Labute approximate surface area is 124 Å². The van der Waals surface area contributed by atoms with Crippen molar-refractivity contribution in [3.63, 3.8) is 0 Å². The van der Waals surface area contributed by atoms with E-state index in [9.17, 15) is 13.2 Å². The lowest BCUT2D eigenvalue weighted by atomic mass is 10.0. The zero-order valence-electron chi connectivity index (χ0n) is 12.6. The first-order valence-corrected chi connectivity index (χ1v) is 7.52. The molecule has 1 N–H and O–H groups in total. The van der Waals surface area contributed by atoms with Gasteiger partial charge in [0.25, 0.3) is 0 Å². The summed E-state index contributed by atoms with van der Waals surface area (Å²) in [6.45, 7) is 7.20. The average Bonchev–Trinajstić information content (AvgIpc) is 2.90. The highest BCUT2D eigenvalue weighted by molar-refractivity contribution is 5.27. The van der Waals surface area contributed by atoms with Crippen molar-refractivity contribution >= 4 is 0 Å². The predicted octanol–water partition coefficient (Wildman–Crippen LogP) is 3.84. The van der Waals surface area contributed by atoms with Gasteiger partial charge in [-0.2, -0.15) is 13.2 Å². The van der Waals surface area contributed by atoms with E-state index >= 15 is 0 Å². The van der Waals surface area contributed by atoms with Crippen LogP contribution >= 0.6 is 0 Å². The number of hydrogen-bond donors (Lipinski definition) is 1. The first-order valence-electron chi connectivity index (χ1n) is 7.52. The van der Waals surface area contributed by atoms with Gasteiger partial charge in [-0.25, -0.2) is 0 Å². The van der Waals surface area contributed by atoms with Crippen molar-refractivity contribution in [2.45, 2.75) is 44.9 Å². The molecule has 1 saturated heterocycles. The second-order valence-corrected chi connectivity index (χ2v) is 5.92. The van der Waals surface area contributed by atoms with Crippen LogP contribution in [0.1, 0.15) is 43.9 Å². The van der Waals surface area contributed by atoms with Crippen molar-refractivity contribution in [3.8, 4) is 0 Å². The fourth-order valence-electron chi connectivity index (χ4n) is 2.91. The standard InChI is InChI=1S/C16H23F3N2/c1-12(11-21-8-3-4-9-21)20-13(2)14-6-5-7-15(10-14)16(17,18)19/h5-7,10,12-13,20H,3-4,8-9,11H2,1-2H3. The van der Waals surface area contributed by atoms with Crippen LogP contribution in [0.5, 0.6) is 0 Å². The third-order valence-corrected chi connectivity index (χ3v) is 3.98. The highest BCUT2D eigenvalue weighted by Gasteiger charge is 2.30. The van der Waals surface area contributed by atoms with Gasteiger partial charge in [0.15, 0.2) is 0 Å². The van der Waals surface area contributed by atoms with E-state index in [1.165, 1.54) is 25.0 Å². The first kappa shape index (κ1) is 16.3. The van der Waals surface area contributed by atoms with Gasteiger partial charge in [-0.05, 0) is 57.5 Å². The molecule has 2 nitrogen and oxygen atoms in total. The highest BCUT2D eigenvalue weighted by Crippen LogP contribution is 2.30. The summed E-state index contributed by atoms with van der Waals surface area (Å²) in [6, 6.07) is 5.73. The van der Waals surface area contributed by atoms with Crippen LogP contribution in [0.15, 0.2) is 24.3 Å². The van der Waals surface area contributed by atoms with Gasteiger partial charge in [-0.15, -0.1) is 0 Å². The molecule has 0 saturated carbocycles. The zero-order valence-corrected chi connectivity index (χ0v) is 12.6. The summed E-state index contributed by atoms with van der Waals surface area (Å²) < 4.78 is 38.2. The fraction of sp³-hybridized carbons (Fsp3) is 0.625. The van der Waals surface area contributed by atoms with Crippen LogP contribution in [-0.4, -0.2) is 30.6 Å². The minimum Gasteiger partial charge on any atom is -0.306 e. The van der Waals surface area contributed by atoms with E-state index in [1.54, 1.807) is 6.07 Å². The quantitative estimate of drug-likeness (QED) is 0.889. The van der Waals surface area contributed by atoms with Crippen molar-refractivity contribution in [3.05, 3.63) is 35.4 Å². The Hall–Kier alpha value is -1.07. The molecular weight excluding hydrogens is 277 g/mol. The molecule has 2 unspecified atom stereocenters. The molecule has 0 amide bonds. The molecule has 0 radical (unpaired) electrons. The number of hydrogen-bond acceptors (Lipinski definition) is 2. The van der Waals surface area contributed by atoms with E-state index in [4.69, 9.17) is 0 Å². The van der Waals surface area contributed by atoms with Gasteiger partial charge in [0.05, 0.1) is 5.56 Å². The van der Waals surface area contributed by atoms with E-state index in [-0.39, 0.29) is 12.1 Å². The topological polar surface area (TPSA) is 15.3 Å². The lowest BCUT2D eigenvalue weighted by Crippen LogP contribution is -2.39. The van der Waals surface area contributed by atoms with Gasteiger partial charge >= 0.3 is 6.18 Å². The van der Waals surface area contributed by atoms with Gasteiger partial charge in [-0.3, -0.25) is 0 Å².